The second-order valence-corrected chi connectivity index (χ2v) is 7.37. The number of aromatic nitrogens is 4. The number of nitrogen functional groups attached to an aromatic ring is 1. The maximum Gasteiger partial charge on any atom is 0.170 e. The van der Waals surface area contributed by atoms with E-state index in [2.05, 4.69) is 56.5 Å². The summed E-state index contributed by atoms with van der Waals surface area (Å²) in [5.74, 6) is 1.08. The van der Waals surface area contributed by atoms with E-state index in [0.717, 1.165) is 35.1 Å². The first-order valence-electron chi connectivity index (χ1n) is 9.91. The summed E-state index contributed by atoms with van der Waals surface area (Å²) >= 11 is 0. The molecule has 0 saturated carbocycles. The normalized spacial score (nSPS) is 11.2. The lowest BCUT2D eigenvalue weighted by atomic mass is 10.0. The Morgan fingerprint density at radius 1 is 0.900 bits per heavy atom. The van der Waals surface area contributed by atoms with Gasteiger partial charge in [0, 0.05) is 36.5 Å². The molecule has 0 spiro atoms. The number of rotatable bonds is 6. The van der Waals surface area contributed by atoms with Gasteiger partial charge in [-0.15, -0.1) is 0 Å². The van der Waals surface area contributed by atoms with E-state index < -0.39 is 0 Å². The Hall–Kier alpha value is -3.93. The Morgan fingerprint density at radius 2 is 1.73 bits per heavy atom. The predicted molar refractivity (Wildman–Crippen MR) is 117 cm³/mol. The van der Waals surface area contributed by atoms with Crippen LogP contribution < -0.4 is 5.73 Å². The molecule has 0 aliphatic heterocycles. The zero-order chi connectivity index (χ0) is 20.3. The van der Waals surface area contributed by atoms with Crippen molar-refractivity contribution >= 4 is 16.9 Å². The van der Waals surface area contributed by atoms with E-state index in [1.54, 1.807) is 6.20 Å². The molecule has 0 radical (unpaired) electrons. The quantitative estimate of drug-likeness (QED) is 0.439. The molecule has 4 heterocycles. The summed E-state index contributed by atoms with van der Waals surface area (Å²) in [6.45, 7) is 0. The van der Waals surface area contributed by atoms with Gasteiger partial charge in [-0.3, -0.25) is 0 Å². The molecule has 0 bridgehead atoms. The molecule has 148 valence electrons. The van der Waals surface area contributed by atoms with Crippen molar-refractivity contribution in [3.05, 3.63) is 95.6 Å². The van der Waals surface area contributed by atoms with Gasteiger partial charge in [-0.25, -0.2) is 9.97 Å². The molecule has 4 aromatic heterocycles. The summed E-state index contributed by atoms with van der Waals surface area (Å²) in [6.07, 6.45) is 8.18. The smallest absolute Gasteiger partial charge is 0.170 e. The molecule has 0 amide bonds. The fourth-order valence-corrected chi connectivity index (χ4v) is 3.59. The van der Waals surface area contributed by atoms with E-state index >= 15 is 0 Å². The topological polar surface area (TPSA) is 93.6 Å². The number of nitrogens with one attached hydrogen (secondary N) is 1. The highest BCUT2D eigenvalue weighted by Gasteiger charge is 2.10. The molecule has 0 aliphatic carbocycles. The lowest BCUT2D eigenvalue weighted by Gasteiger charge is -2.04. The Kier molecular flexibility index (Phi) is 4.73. The molecule has 0 saturated heterocycles. The van der Waals surface area contributed by atoms with Gasteiger partial charge in [-0.2, -0.15) is 0 Å². The zero-order valence-corrected chi connectivity index (χ0v) is 16.4. The molecule has 30 heavy (non-hydrogen) atoms. The molecule has 0 atom stereocenters. The van der Waals surface area contributed by atoms with Crippen molar-refractivity contribution in [2.45, 2.75) is 19.3 Å². The molecule has 0 fully saturated rings. The molecule has 0 aliphatic rings. The number of aryl methyl sites for hydroxylation is 2. The van der Waals surface area contributed by atoms with Crippen molar-refractivity contribution in [2.24, 2.45) is 0 Å². The largest absolute Gasteiger partial charge is 0.383 e. The highest BCUT2D eigenvalue weighted by Crippen LogP contribution is 2.25. The molecule has 6 nitrogen and oxygen atoms in total. The van der Waals surface area contributed by atoms with Crippen LogP contribution in [-0.4, -0.2) is 20.1 Å². The summed E-state index contributed by atoms with van der Waals surface area (Å²) in [6, 6.07) is 18.5. The third-order valence-corrected chi connectivity index (χ3v) is 5.23. The van der Waals surface area contributed by atoms with Crippen molar-refractivity contribution in [3.63, 3.8) is 0 Å². The van der Waals surface area contributed by atoms with E-state index in [4.69, 9.17) is 10.3 Å². The Bertz CT molecular complexity index is 1290. The maximum absolute atomic E-state index is 5.92. The summed E-state index contributed by atoms with van der Waals surface area (Å²) < 4.78 is 5.46. The van der Waals surface area contributed by atoms with Gasteiger partial charge in [0.05, 0.1) is 11.3 Å². The number of aromatic amines is 1. The van der Waals surface area contributed by atoms with Crippen LogP contribution in [0, 0.1) is 0 Å². The minimum atomic E-state index is 0.440. The number of nitrogens with two attached hydrogens (primary N) is 1. The number of fused-ring (bicyclic) bond motifs is 1. The number of anilines is 1. The minimum absolute atomic E-state index is 0.440. The molecule has 6 heteroatoms. The van der Waals surface area contributed by atoms with E-state index in [-0.39, 0.29) is 0 Å². The van der Waals surface area contributed by atoms with Gasteiger partial charge in [-0.1, -0.05) is 29.4 Å². The molecule has 3 N–H and O–H groups in total. The Morgan fingerprint density at radius 3 is 2.60 bits per heavy atom. The second kappa shape index (κ2) is 7.83. The van der Waals surface area contributed by atoms with Gasteiger partial charge in [-0.05, 0) is 53.8 Å². The number of nitrogens with zero attached hydrogens (tertiary/aromatic N) is 3. The van der Waals surface area contributed by atoms with Gasteiger partial charge in [0.25, 0.3) is 0 Å². The van der Waals surface area contributed by atoms with Crippen LogP contribution in [0.2, 0.25) is 0 Å². The zero-order valence-electron chi connectivity index (χ0n) is 16.4. The average Bonchev–Trinajstić information content (AvgIpc) is 3.43. The van der Waals surface area contributed by atoms with Crippen LogP contribution in [0.15, 0.2) is 77.7 Å². The molecule has 0 unspecified atom stereocenters. The van der Waals surface area contributed by atoms with Crippen LogP contribution in [0.1, 0.15) is 22.4 Å². The molecule has 1 aromatic carbocycles. The predicted octanol–water partition coefficient (Wildman–Crippen LogP) is 4.57. The number of pyridine rings is 2. The highest BCUT2D eigenvalue weighted by atomic mass is 16.5. The fourth-order valence-electron chi connectivity index (χ4n) is 3.59. The minimum Gasteiger partial charge on any atom is -0.383 e. The number of H-pyrrole nitrogens is 1. The van der Waals surface area contributed by atoms with E-state index in [9.17, 15) is 0 Å². The Labute approximate surface area is 173 Å². The first-order chi connectivity index (χ1) is 14.7. The van der Waals surface area contributed by atoms with Gasteiger partial charge >= 0.3 is 0 Å². The van der Waals surface area contributed by atoms with Crippen LogP contribution in [0.5, 0.6) is 0 Å². The summed E-state index contributed by atoms with van der Waals surface area (Å²) in [5, 5.41) is 5.34. The van der Waals surface area contributed by atoms with Gasteiger partial charge in [0.2, 0.25) is 0 Å². The fraction of sp³-hybridized carbons (Fsp3) is 0.125. The summed E-state index contributed by atoms with van der Waals surface area (Å²) in [4.78, 5) is 11.7. The van der Waals surface area contributed by atoms with E-state index in [1.807, 2.05) is 30.6 Å². The third-order valence-electron chi connectivity index (χ3n) is 5.23. The highest BCUT2D eigenvalue weighted by molar-refractivity contribution is 5.75. The lowest BCUT2D eigenvalue weighted by Crippen LogP contribution is -1.94. The van der Waals surface area contributed by atoms with Crippen molar-refractivity contribution < 1.29 is 4.52 Å². The molecule has 5 rings (SSSR count). The number of hydrogen-bond donors (Lipinski definition) is 2. The standard InChI is InChI=1S/C24H21N5O/c25-23-21(2-1-10-26-23)22-14-20(29-30-22)13-17-6-3-16(4-7-17)5-8-18-12-19-9-11-27-24(19)28-15-18/h1-4,6-7,9-12,14-15H,5,8,13H2,(H2,25,26)(H,27,28). The maximum atomic E-state index is 5.92. The van der Waals surface area contributed by atoms with Crippen molar-refractivity contribution in [3.8, 4) is 11.3 Å². The first-order valence-corrected chi connectivity index (χ1v) is 9.91. The van der Waals surface area contributed by atoms with Crippen molar-refractivity contribution in [2.75, 3.05) is 5.73 Å². The summed E-state index contributed by atoms with van der Waals surface area (Å²) in [5.41, 5.74) is 12.2. The second-order valence-electron chi connectivity index (χ2n) is 7.37. The van der Waals surface area contributed by atoms with Crippen LogP contribution >= 0.6 is 0 Å². The van der Waals surface area contributed by atoms with Crippen molar-refractivity contribution in [1.29, 1.82) is 0 Å². The SMILES string of the molecule is Nc1ncccc1-c1cc(Cc2ccc(CCc3cnc4[nH]ccc4c3)cc2)no1. The van der Waals surface area contributed by atoms with E-state index in [1.165, 1.54) is 16.7 Å². The van der Waals surface area contributed by atoms with Crippen molar-refractivity contribution in [1.82, 2.24) is 20.1 Å². The number of benzene rings is 1. The van der Waals surface area contributed by atoms with Crippen LogP contribution in [0.4, 0.5) is 5.82 Å². The van der Waals surface area contributed by atoms with Gasteiger partial charge in [0.1, 0.15) is 11.5 Å². The van der Waals surface area contributed by atoms with Crippen LogP contribution in [-0.2, 0) is 19.3 Å². The summed E-state index contributed by atoms with van der Waals surface area (Å²) in [7, 11) is 0. The monoisotopic (exact) mass is 395 g/mol. The molecule has 5 aromatic rings. The lowest BCUT2D eigenvalue weighted by molar-refractivity contribution is 0.425. The number of hydrogen-bond acceptors (Lipinski definition) is 5. The van der Waals surface area contributed by atoms with Gasteiger partial charge in [0.15, 0.2) is 5.76 Å². The average molecular weight is 395 g/mol. The third kappa shape index (κ3) is 3.80. The molecular formula is C24H21N5O. The first kappa shape index (κ1) is 18.1. The Balaban J connectivity index is 1.22. The van der Waals surface area contributed by atoms with Crippen LogP contribution in [0.3, 0.4) is 0 Å². The van der Waals surface area contributed by atoms with E-state index in [0.29, 0.717) is 18.0 Å². The van der Waals surface area contributed by atoms with Gasteiger partial charge < -0.3 is 15.2 Å². The molecular weight excluding hydrogens is 374 g/mol. The van der Waals surface area contributed by atoms with Crippen LogP contribution in [0.25, 0.3) is 22.4 Å².